The van der Waals surface area contributed by atoms with Crippen LogP contribution in [0.15, 0.2) is 0 Å². The molecule has 0 radical (unpaired) electrons. The molecule has 1 unspecified atom stereocenters. The number of aliphatic carboxylic acids is 1. The van der Waals surface area contributed by atoms with Crippen LogP contribution >= 0.6 is 0 Å². The lowest BCUT2D eigenvalue weighted by Crippen LogP contribution is -2.44. The lowest BCUT2D eigenvalue weighted by atomic mass is 10.0. The Kier molecular flexibility index (Phi) is 4.85. The molecule has 1 aliphatic heterocycles. The number of nitrogens with one attached hydrogen (secondary N) is 1. The zero-order chi connectivity index (χ0) is 15.6. The Morgan fingerprint density at radius 1 is 1.38 bits per heavy atom. The minimum atomic E-state index is -1.02. The molecule has 1 saturated heterocycles. The molecule has 2 N–H and O–H groups in total. The van der Waals surface area contributed by atoms with Crippen LogP contribution in [0.3, 0.4) is 0 Å². The standard InChI is InChI=1S/C15H24N2O4/c1-9(2)5-12(15(20)21)16-14(19)11-6-13(18)17(8-11)7-10-3-4-10/h9-12H,3-8H2,1-2H3,(H,16,19)(H,20,21)/t11?,12-/m1/s1. The van der Waals surface area contributed by atoms with E-state index in [2.05, 4.69) is 5.32 Å². The first-order valence-corrected chi connectivity index (χ1v) is 7.67. The maximum absolute atomic E-state index is 12.2. The summed E-state index contributed by atoms with van der Waals surface area (Å²) >= 11 is 0. The first-order chi connectivity index (χ1) is 9.86. The number of carbonyl (C=O) groups is 3. The van der Waals surface area contributed by atoms with E-state index < -0.39 is 17.9 Å². The topological polar surface area (TPSA) is 86.7 Å². The molecule has 118 valence electrons. The SMILES string of the molecule is CC(C)C[C@@H](NC(=O)C1CC(=O)N(CC2CC2)C1)C(=O)O. The van der Waals surface area contributed by atoms with Crippen molar-refractivity contribution in [1.82, 2.24) is 10.2 Å². The summed E-state index contributed by atoms with van der Waals surface area (Å²) in [5, 5.41) is 11.7. The highest BCUT2D eigenvalue weighted by molar-refractivity contribution is 5.91. The van der Waals surface area contributed by atoms with Gasteiger partial charge >= 0.3 is 5.97 Å². The summed E-state index contributed by atoms with van der Waals surface area (Å²) in [7, 11) is 0. The van der Waals surface area contributed by atoms with Crippen molar-refractivity contribution in [2.24, 2.45) is 17.8 Å². The highest BCUT2D eigenvalue weighted by atomic mass is 16.4. The molecule has 0 spiro atoms. The molecule has 1 heterocycles. The van der Waals surface area contributed by atoms with Crippen LogP contribution in [0.1, 0.15) is 39.5 Å². The van der Waals surface area contributed by atoms with E-state index in [1.54, 1.807) is 4.90 Å². The van der Waals surface area contributed by atoms with Gasteiger partial charge in [-0.1, -0.05) is 13.8 Å². The average molecular weight is 296 g/mol. The van der Waals surface area contributed by atoms with Crippen LogP contribution in [0, 0.1) is 17.8 Å². The van der Waals surface area contributed by atoms with Gasteiger partial charge in [-0.05, 0) is 31.1 Å². The molecule has 21 heavy (non-hydrogen) atoms. The number of carboxylic acids is 1. The Labute approximate surface area is 124 Å². The molecule has 6 heteroatoms. The smallest absolute Gasteiger partial charge is 0.326 e. The van der Waals surface area contributed by atoms with Gasteiger partial charge in [0.15, 0.2) is 0 Å². The first kappa shape index (κ1) is 15.8. The van der Waals surface area contributed by atoms with E-state index in [0.29, 0.717) is 18.9 Å². The second kappa shape index (κ2) is 6.45. The molecule has 0 aromatic carbocycles. The number of rotatable bonds is 7. The fourth-order valence-electron chi connectivity index (χ4n) is 2.72. The third kappa shape index (κ3) is 4.44. The summed E-state index contributed by atoms with van der Waals surface area (Å²) in [6.45, 7) is 5.00. The summed E-state index contributed by atoms with van der Waals surface area (Å²) < 4.78 is 0. The molecule has 0 bridgehead atoms. The minimum absolute atomic E-state index is 0.0118. The van der Waals surface area contributed by atoms with Crippen molar-refractivity contribution in [2.75, 3.05) is 13.1 Å². The molecule has 0 aromatic rings. The highest BCUT2D eigenvalue weighted by Crippen LogP contribution is 2.32. The van der Waals surface area contributed by atoms with Crippen molar-refractivity contribution in [3.05, 3.63) is 0 Å². The Hall–Kier alpha value is -1.59. The van der Waals surface area contributed by atoms with Crippen LogP contribution in [0.25, 0.3) is 0 Å². The van der Waals surface area contributed by atoms with Crippen LogP contribution in [-0.2, 0) is 14.4 Å². The number of carboxylic acid groups (broad SMARTS) is 1. The summed E-state index contributed by atoms with van der Waals surface area (Å²) in [4.78, 5) is 37.0. The van der Waals surface area contributed by atoms with Crippen molar-refractivity contribution >= 4 is 17.8 Å². The van der Waals surface area contributed by atoms with Crippen LogP contribution in [0.2, 0.25) is 0 Å². The van der Waals surface area contributed by atoms with E-state index in [1.165, 1.54) is 0 Å². The van der Waals surface area contributed by atoms with Gasteiger partial charge in [0.05, 0.1) is 5.92 Å². The van der Waals surface area contributed by atoms with Crippen molar-refractivity contribution in [2.45, 2.75) is 45.6 Å². The predicted octanol–water partition coefficient (Wildman–Crippen LogP) is 0.860. The molecule has 1 aliphatic carbocycles. The molecule has 2 atom stereocenters. The van der Waals surface area contributed by atoms with Gasteiger partial charge in [0, 0.05) is 19.5 Å². The second-order valence-corrected chi connectivity index (χ2v) is 6.67. The number of amides is 2. The minimum Gasteiger partial charge on any atom is -0.480 e. The van der Waals surface area contributed by atoms with Gasteiger partial charge < -0.3 is 15.3 Å². The van der Waals surface area contributed by atoms with E-state index in [9.17, 15) is 14.4 Å². The number of nitrogens with zero attached hydrogens (tertiary/aromatic N) is 1. The lowest BCUT2D eigenvalue weighted by Gasteiger charge is -2.19. The predicted molar refractivity (Wildman–Crippen MR) is 76.4 cm³/mol. The van der Waals surface area contributed by atoms with E-state index in [1.807, 2.05) is 13.8 Å². The summed E-state index contributed by atoms with van der Waals surface area (Å²) in [6, 6.07) is -0.870. The number of carbonyl (C=O) groups excluding carboxylic acids is 2. The van der Waals surface area contributed by atoms with Crippen molar-refractivity contribution in [1.29, 1.82) is 0 Å². The fraction of sp³-hybridized carbons (Fsp3) is 0.800. The summed E-state index contributed by atoms with van der Waals surface area (Å²) in [5.74, 6) is -0.944. The second-order valence-electron chi connectivity index (χ2n) is 6.67. The van der Waals surface area contributed by atoms with Crippen LogP contribution in [0.4, 0.5) is 0 Å². The summed E-state index contributed by atoms with van der Waals surface area (Å²) in [5.41, 5.74) is 0. The van der Waals surface area contributed by atoms with Gasteiger partial charge in [0.25, 0.3) is 0 Å². The zero-order valence-corrected chi connectivity index (χ0v) is 12.7. The molecular formula is C15H24N2O4. The third-order valence-electron chi connectivity index (χ3n) is 4.08. The Morgan fingerprint density at radius 2 is 2.05 bits per heavy atom. The Balaban J connectivity index is 1.87. The molecule has 2 rings (SSSR count). The number of hydrogen-bond acceptors (Lipinski definition) is 3. The van der Waals surface area contributed by atoms with E-state index in [0.717, 1.165) is 19.4 Å². The first-order valence-electron chi connectivity index (χ1n) is 7.67. The molecule has 1 saturated carbocycles. The monoisotopic (exact) mass is 296 g/mol. The fourth-order valence-corrected chi connectivity index (χ4v) is 2.72. The normalized spacial score (nSPS) is 23.5. The van der Waals surface area contributed by atoms with Crippen molar-refractivity contribution in [3.63, 3.8) is 0 Å². The lowest BCUT2D eigenvalue weighted by molar-refractivity contribution is -0.142. The van der Waals surface area contributed by atoms with Crippen LogP contribution in [-0.4, -0.2) is 46.9 Å². The molecule has 2 fully saturated rings. The highest BCUT2D eigenvalue weighted by Gasteiger charge is 2.38. The van der Waals surface area contributed by atoms with Gasteiger partial charge in [-0.3, -0.25) is 9.59 Å². The van der Waals surface area contributed by atoms with Crippen LogP contribution < -0.4 is 5.32 Å². The third-order valence-corrected chi connectivity index (χ3v) is 4.08. The largest absolute Gasteiger partial charge is 0.480 e. The van der Waals surface area contributed by atoms with Gasteiger partial charge in [0.1, 0.15) is 6.04 Å². The average Bonchev–Trinajstić information content (AvgIpc) is 3.11. The zero-order valence-electron chi connectivity index (χ0n) is 12.7. The molecular weight excluding hydrogens is 272 g/mol. The maximum Gasteiger partial charge on any atom is 0.326 e. The number of likely N-dealkylation sites (tertiary alicyclic amines) is 1. The number of hydrogen-bond donors (Lipinski definition) is 2. The van der Waals surface area contributed by atoms with Gasteiger partial charge in [-0.25, -0.2) is 4.79 Å². The maximum atomic E-state index is 12.2. The van der Waals surface area contributed by atoms with Crippen molar-refractivity contribution in [3.8, 4) is 0 Å². The van der Waals surface area contributed by atoms with E-state index >= 15 is 0 Å². The molecule has 2 amide bonds. The van der Waals surface area contributed by atoms with E-state index in [-0.39, 0.29) is 24.2 Å². The van der Waals surface area contributed by atoms with Crippen LogP contribution in [0.5, 0.6) is 0 Å². The van der Waals surface area contributed by atoms with Crippen molar-refractivity contribution < 1.29 is 19.5 Å². The molecule has 2 aliphatic rings. The summed E-state index contributed by atoms with van der Waals surface area (Å²) in [6.07, 6.45) is 2.92. The van der Waals surface area contributed by atoms with Gasteiger partial charge in [-0.2, -0.15) is 0 Å². The van der Waals surface area contributed by atoms with Gasteiger partial charge in [-0.15, -0.1) is 0 Å². The van der Waals surface area contributed by atoms with E-state index in [4.69, 9.17) is 5.11 Å². The Bertz CT molecular complexity index is 431. The van der Waals surface area contributed by atoms with Gasteiger partial charge in [0.2, 0.25) is 11.8 Å². The molecule has 0 aromatic heterocycles. The quantitative estimate of drug-likeness (QED) is 0.729. The Morgan fingerprint density at radius 3 is 2.57 bits per heavy atom. The molecule has 6 nitrogen and oxygen atoms in total.